The zero-order valence-electron chi connectivity index (χ0n) is 13.1. The number of β-amino-alcohol motifs (C(OH)–C–C–N with tert-alkyl or cyclic N) is 1. The molecule has 22 heavy (non-hydrogen) atoms. The molecule has 6 heteroatoms. The zero-order valence-corrected chi connectivity index (χ0v) is 13.1. The smallest absolute Gasteiger partial charge is 0.245 e. The fraction of sp³-hybridized carbons (Fsp3) is 0.688. The van der Waals surface area contributed by atoms with Gasteiger partial charge >= 0.3 is 0 Å². The van der Waals surface area contributed by atoms with Crippen molar-refractivity contribution < 1.29 is 9.90 Å². The Hall–Kier alpha value is -1.69. The number of nitrogens with zero attached hydrogens (tertiary/aromatic N) is 4. The molecular weight excluding hydrogens is 280 g/mol. The third-order valence-corrected chi connectivity index (χ3v) is 4.75. The van der Waals surface area contributed by atoms with Gasteiger partial charge in [-0.05, 0) is 31.2 Å². The summed E-state index contributed by atoms with van der Waals surface area (Å²) in [5, 5.41) is 10.0. The molecule has 0 aliphatic carbocycles. The van der Waals surface area contributed by atoms with E-state index in [1.54, 1.807) is 12.3 Å². The van der Waals surface area contributed by atoms with E-state index in [0.717, 1.165) is 25.9 Å². The predicted octanol–water partition coefficient (Wildman–Crippen LogP) is 1.06. The summed E-state index contributed by atoms with van der Waals surface area (Å²) in [6, 6.07) is 1.49. The molecule has 3 heterocycles. The Kier molecular flexibility index (Phi) is 4.57. The van der Waals surface area contributed by atoms with Crippen molar-refractivity contribution in [2.24, 2.45) is 5.92 Å². The van der Waals surface area contributed by atoms with Gasteiger partial charge in [0.25, 0.3) is 0 Å². The number of rotatable bonds is 2. The van der Waals surface area contributed by atoms with Crippen LogP contribution in [0.4, 0.5) is 5.82 Å². The number of likely N-dealkylation sites (tertiary alicyclic amines) is 1. The number of aromatic nitrogens is 2. The highest BCUT2D eigenvalue weighted by Gasteiger charge is 2.39. The number of carbonyl (C=O) groups is 1. The lowest BCUT2D eigenvalue weighted by atomic mass is 10.0. The van der Waals surface area contributed by atoms with Gasteiger partial charge in [0.2, 0.25) is 5.91 Å². The summed E-state index contributed by atoms with van der Waals surface area (Å²) in [5.74, 6) is 1.53. The second-order valence-electron chi connectivity index (χ2n) is 6.49. The van der Waals surface area contributed by atoms with Crippen molar-refractivity contribution >= 4 is 11.7 Å². The molecule has 2 saturated heterocycles. The Morgan fingerprint density at radius 3 is 3.00 bits per heavy atom. The van der Waals surface area contributed by atoms with Crippen molar-refractivity contribution in [3.8, 4) is 0 Å². The van der Waals surface area contributed by atoms with Crippen molar-refractivity contribution in [2.45, 2.75) is 44.8 Å². The summed E-state index contributed by atoms with van der Waals surface area (Å²) in [7, 11) is 0. The zero-order chi connectivity index (χ0) is 15.5. The van der Waals surface area contributed by atoms with E-state index in [2.05, 4.69) is 16.9 Å². The van der Waals surface area contributed by atoms with Gasteiger partial charge in [-0.3, -0.25) is 4.79 Å². The number of aliphatic hydroxyl groups excluding tert-OH is 1. The van der Waals surface area contributed by atoms with Crippen LogP contribution in [0, 0.1) is 5.92 Å². The molecular formula is C16H24N4O2. The molecule has 120 valence electrons. The molecule has 0 unspecified atom stereocenters. The molecule has 0 bridgehead atoms. The average molecular weight is 304 g/mol. The van der Waals surface area contributed by atoms with Crippen LogP contribution >= 0.6 is 0 Å². The highest BCUT2D eigenvalue weighted by atomic mass is 16.3. The minimum Gasteiger partial charge on any atom is -0.391 e. The van der Waals surface area contributed by atoms with Gasteiger partial charge in [-0.15, -0.1) is 0 Å². The molecule has 2 fully saturated rings. The second kappa shape index (κ2) is 6.60. The summed E-state index contributed by atoms with van der Waals surface area (Å²) in [4.78, 5) is 25.0. The van der Waals surface area contributed by atoms with Gasteiger partial charge in [-0.25, -0.2) is 9.97 Å². The van der Waals surface area contributed by atoms with Crippen LogP contribution in [0.2, 0.25) is 0 Å². The van der Waals surface area contributed by atoms with Crippen LogP contribution < -0.4 is 4.90 Å². The van der Waals surface area contributed by atoms with Gasteiger partial charge in [-0.1, -0.05) is 6.92 Å². The molecule has 1 aromatic rings. The third kappa shape index (κ3) is 3.21. The van der Waals surface area contributed by atoms with E-state index in [1.807, 2.05) is 9.80 Å². The van der Waals surface area contributed by atoms with Crippen molar-refractivity contribution in [3.05, 3.63) is 18.6 Å². The largest absolute Gasteiger partial charge is 0.391 e. The molecule has 0 spiro atoms. The summed E-state index contributed by atoms with van der Waals surface area (Å²) in [6.07, 6.45) is 6.47. The number of amides is 1. The van der Waals surface area contributed by atoms with Crippen LogP contribution in [-0.2, 0) is 4.79 Å². The van der Waals surface area contributed by atoms with Crippen LogP contribution in [0.25, 0.3) is 0 Å². The molecule has 2 aliphatic rings. The average Bonchev–Trinajstić information content (AvgIpc) is 2.79. The number of anilines is 1. The Balaban J connectivity index is 1.75. The molecule has 3 atom stereocenters. The van der Waals surface area contributed by atoms with E-state index in [9.17, 15) is 9.90 Å². The minimum absolute atomic E-state index is 0.129. The highest BCUT2D eigenvalue weighted by molar-refractivity contribution is 5.85. The number of carbonyl (C=O) groups excluding carboxylic acids is 1. The Bertz CT molecular complexity index is 510. The molecule has 1 amide bonds. The van der Waals surface area contributed by atoms with E-state index in [-0.39, 0.29) is 11.9 Å². The first-order valence-electron chi connectivity index (χ1n) is 8.14. The molecule has 2 aliphatic heterocycles. The molecule has 0 aromatic carbocycles. The maximum Gasteiger partial charge on any atom is 0.245 e. The van der Waals surface area contributed by atoms with E-state index in [0.29, 0.717) is 24.7 Å². The minimum atomic E-state index is -0.477. The molecule has 1 aromatic heterocycles. The van der Waals surface area contributed by atoms with Crippen molar-refractivity contribution in [1.29, 1.82) is 0 Å². The normalized spacial score (nSPS) is 29.5. The molecule has 0 radical (unpaired) electrons. The van der Waals surface area contributed by atoms with Gasteiger partial charge < -0.3 is 14.9 Å². The molecule has 6 nitrogen and oxygen atoms in total. The second-order valence-corrected chi connectivity index (χ2v) is 6.49. The Morgan fingerprint density at radius 2 is 2.23 bits per heavy atom. The van der Waals surface area contributed by atoms with E-state index >= 15 is 0 Å². The monoisotopic (exact) mass is 304 g/mol. The van der Waals surface area contributed by atoms with Gasteiger partial charge in [0.15, 0.2) is 0 Å². The van der Waals surface area contributed by atoms with Crippen molar-refractivity contribution in [1.82, 2.24) is 14.9 Å². The third-order valence-electron chi connectivity index (χ3n) is 4.75. The maximum absolute atomic E-state index is 12.9. The number of aliphatic hydroxyl groups is 1. The Morgan fingerprint density at radius 1 is 1.36 bits per heavy atom. The first-order valence-corrected chi connectivity index (χ1v) is 8.14. The van der Waals surface area contributed by atoms with Crippen LogP contribution in [-0.4, -0.2) is 57.7 Å². The number of hydrogen-bond acceptors (Lipinski definition) is 5. The fourth-order valence-corrected chi connectivity index (χ4v) is 3.45. The highest BCUT2D eigenvalue weighted by Crippen LogP contribution is 2.26. The van der Waals surface area contributed by atoms with Gasteiger partial charge in [0, 0.05) is 32.3 Å². The van der Waals surface area contributed by atoms with Gasteiger partial charge in [0.05, 0.1) is 6.10 Å². The lowest BCUT2D eigenvalue weighted by Gasteiger charge is -2.30. The quantitative estimate of drug-likeness (QED) is 0.885. The van der Waals surface area contributed by atoms with E-state index in [4.69, 9.17) is 0 Å². The summed E-state index contributed by atoms with van der Waals surface area (Å²) in [6.45, 7) is 4.36. The van der Waals surface area contributed by atoms with Crippen molar-refractivity contribution in [3.63, 3.8) is 0 Å². The van der Waals surface area contributed by atoms with E-state index < -0.39 is 6.10 Å². The van der Waals surface area contributed by atoms with E-state index in [1.165, 1.54) is 12.7 Å². The maximum atomic E-state index is 12.9. The lowest BCUT2D eigenvalue weighted by Crippen LogP contribution is -2.46. The molecule has 0 saturated carbocycles. The fourth-order valence-electron chi connectivity index (χ4n) is 3.45. The number of hydrogen-bond donors (Lipinski definition) is 1. The predicted molar refractivity (Wildman–Crippen MR) is 83.4 cm³/mol. The van der Waals surface area contributed by atoms with Crippen molar-refractivity contribution in [2.75, 3.05) is 24.5 Å². The summed E-state index contributed by atoms with van der Waals surface area (Å²) < 4.78 is 0. The summed E-state index contributed by atoms with van der Waals surface area (Å²) in [5.41, 5.74) is 0. The van der Waals surface area contributed by atoms with Crippen LogP contribution in [0.5, 0.6) is 0 Å². The summed E-state index contributed by atoms with van der Waals surface area (Å²) >= 11 is 0. The molecule has 1 N–H and O–H groups in total. The van der Waals surface area contributed by atoms with Gasteiger partial charge in [-0.2, -0.15) is 0 Å². The van der Waals surface area contributed by atoms with Gasteiger partial charge in [0.1, 0.15) is 18.2 Å². The SMILES string of the molecule is C[C@@H]1CCCN(C(=O)[C@H]2C[C@H](O)CN2c2ccncn2)CC1. The first-order chi connectivity index (χ1) is 10.6. The van der Waals surface area contributed by atoms with Crippen LogP contribution in [0.15, 0.2) is 18.6 Å². The van der Waals surface area contributed by atoms with Crippen LogP contribution in [0.3, 0.4) is 0 Å². The topological polar surface area (TPSA) is 69.6 Å². The standard InChI is InChI=1S/C16H24N4O2/c1-12-3-2-7-19(8-5-12)16(22)14-9-13(21)10-20(14)15-4-6-17-11-18-15/h4,6,11-14,21H,2-3,5,7-10H2,1H3/t12-,13+,14-/m1/s1. The lowest BCUT2D eigenvalue weighted by molar-refractivity contribution is -0.132. The Labute approximate surface area is 131 Å². The molecule has 3 rings (SSSR count). The van der Waals surface area contributed by atoms with Crippen LogP contribution in [0.1, 0.15) is 32.6 Å². The first kappa shape index (κ1) is 15.2.